The average molecular weight is 681 g/mol. The molecule has 2 aliphatic carbocycles. The standard InChI is InChI=1S/C48H60OSi/c1-28-21-22-35(32-24-33(46(4,5)6)26-34(25-32)47(7,8)9)43-40(28)45(50(14)15)30(3)41(43)39-29(2)23-36-37(39)27-38(48(10,11)12)44(49-13)42(36)31-19-17-16-18-20-31/h16-27,39,45,50H,1-15H3. The van der Waals surface area contributed by atoms with E-state index in [4.69, 9.17) is 4.74 Å². The van der Waals surface area contributed by atoms with E-state index in [1.165, 1.54) is 66.8 Å². The number of ether oxygens (including phenoxy) is 1. The highest BCUT2D eigenvalue weighted by Gasteiger charge is 2.42. The van der Waals surface area contributed by atoms with Gasteiger partial charge < -0.3 is 4.74 Å². The zero-order chi connectivity index (χ0) is 36.7. The summed E-state index contributed by atoms with van der Waals surface area (Å²) in [5.41, 5.74) is 21.6. The fourth-order valence-electron chi connectivity index (χ4n) is 8.79. The van der Waals surface area contributed by atoms with E-state index in [0.29, 0.717) is 5.54 Å². The molecule has 0 bridgehead atoms. The highest BCUT2D eigenvalue weighted by molar-refractivity contribution is 6.59. The maximum Gasteiger partial charge on any atom is 0.131 e. The van der Waals surface area contributed by atoms with E-state index in [-0.39, 0.29) is 22.2 Å². The topological polar surface area (TPSA) is 9.23 Å². The number of hydrogen-bond acceptors (Lipinski definition) is 1. The second-order valence-corrected chi connectivity index (χ2v) is 21.8. The van der Waals surface area contributed by atoms with Crippen LogP contribution in [-0.4, -0.2) is 15.9 Å². The third-order valence-electron chi connectivity index (χ3n) is 11.4. The molecule has 1 nitrogen and oxygen atoms in total. The summed E-state index contributed by atoms with van der Waals surface area (Å²) in [4.78, 5) is 0. The molecule has 0 saturated carbocycles. The summed E-state index contributed by atoms with van der Waals surface area (Å²) in [7, 11) is 0.714. The van der Waals surface area contributed by atoms with E-state index < -0.39 is 8.80 Å². The molecule has 2 aliphatic rings. The Balaban J connectivity index is 1.71. The Morgan fingerprint density at radius 1 is 0.660 bits per heavy atom. The summed E-state index contributed by atoms with van der Waals surface area (Å²) in [5.74, 6) is 1.19. The van der Waals surface area contributed by atoms with Crippen LogP contribution >= 0.6 is 0 Å². The first-order valence-corrected chi connectivity index (χ1v) is 21.7. The number of allylic oxidation sites excluding steroid dienone is 3. The van der Waals surface area contributed by atoms with Gasteiger partial charge in [0.25, 0.3) is 0 Å². The smallest absolute Gasteiger partial charge is 0.131 e. The number of hydrogen-bond donors (Lipinski definition) is 0. The van der Waals surface area contributed by atoms with E-state index in [1.54, 1.807) is 16.7 Å². The highest BCUT2D eigenvalue weighted by atomic mass is 28.3. The van der Waals surface area contributed by atoms with E-state index in [9.17, 15) is 0 Å². The summed E-state index contributed by atoms with van der Waals surface area (Å²) < 4.78 is 6.34. The molecule has 0 radical (unpaired) electrons. The predicted octanol–water partition coefficient (Wildman–Crippen LogP) is 13.3. The molecule has 0 heterocycles. The van der Waals surface area contributed by atoms with Crippen molar-refractivity contribution in [2.75, 3.05) is 7.11 Å². The van der Waals surface area contributed by atoms with Crippen molar-refractivity contribution in [2.24, 2.45) is 0 Å². The molecule has 0 N–H and O–H groups in total. The lowest BCUT2D eigenvalue weighted by atomic mass is 9.76. The lowest BCUT2D eigenvalue weighted by Crippen LogP contribution is -2.17. The van der Waals surface area contributed by atoms with Crippen LogP contribution in [0.1, 0.15) is 132 Å². The quantitative estimate of drug-likeness (QED) is 0.191. The predicted molar refractivity (Wildman–Crippen MR) is 222 cm³/mol. The van der Waals surface area contributed by atoms with E-state index in [0.717, 1.165) is 5.75 Å². The van der Waals surface area contributed by atoms with Gasteiger partial charge in [-0.3, -0.25) is 0 Å². The number of rotatable bonds is 5. The van der Waals surface area contributed by atoms with E-state index in [2.05, 4.69) is 169 Å². The van der Waals surface area contributed by atoms with Crippen molar-refractivity contribution in [3.63, 3.8) is 0 Å². The van der Waals surface area contributed by atoms with Crippen LogP contribution in [-0.2, 0) is 16.2 Å². The van der Waals surface area contributed by atoms with Crippen LogP contribution in [0.4, 0.5) is 0 Å². The third-order valence-corrected chi connectivity index (χ3v) is 13.6. The average Bonchev–Trinajstić information content (AvgIpc) is 3.51. The molecule has 0 spiro atoms. The molecule has 4 aromatic rings. The number of aryl methyl sites for hydroxylation is 1. The van der Waals surface area contributed by atoms with Crippen molar-refractivity contribution < 1.29 is 4.74 Å². The summed E-state index contributed by atoms with van der Waals surface area (Å²) in [6.45, 7) is 33.4. The van der Waals surface area contributed by atoms with Gasteiger partial charge >= 0.3 is 0 Å². The minimum atomic E-state index is -1.13. The molecular formula is C48H60OSi. The van der Waals surface area contributed by atoms with E-state index in [1.807, 2.05) is 7.11 Å². The Hall–Kier alpha value is -3.62. The minimum absolute atomic E-state index is 0.0474. The van der Waals surface area contributed by atoms with Gasteiger partial charge in [-0.05, 0) is 110 Å². The van der Waals surface area contributed by atoms with Crippen molar-refractivity contribution in [3.8, 4) is 28.0 Å². The largest absolute Gasteiger partial charge is 0.496 e. The fourth-order valence-corrected chi connectivity index (χ4v) is 11.1. The molecular weight excluding hydrogens is 621 g/mol. The van der Waals surface area contributed by atoms with Crippen LogP contribution in [0, 0.1) is 6.92 Å². The number of benzene rings is 4. The van der Waals surface area contributed by atoms with Crippen LogP contribution in [0.3, 0.4) is 0 Å². The van der Waals surface area contributed by atoms with Gasteiger partial charge in [-0.15, -0.1) is 0 Å². The maximum absolute atomic E-state index is 6.34. The van der Waals surface area contributed by atoms with Crippen LogP contribution in [0.25, 0.3) is 33.9 Å². The monoisotopic (exact) mass is 680 g/mol. The number of methoxy groups -OCH3 is 1. The molecule has 0 fully saturated rings. The molecule has 0 aliphatic heterocycles. The van der Waals surface area contributed by atoms with Crippen molar-refractivity contribution in [3.05, 3.63) is 122 Å². The molecule has 0 amide bonds. The van der Waals surface area contributed by atoms with Crippen LogP contribution in [0.15, 0.2) is 77.9 Å². The SMILES string of the molecule is COc1c(C(C)(C)C)cc2c(c1-c1ccccc1)C=C(C)C2C1=C(C)C([SiH](C)C)c2c(C)ccc(-c3cc(C(C)(C)C)cc(C(C)(C)C)c3)c21. The summed E-state index contributed by atoms with van der Waals surface area (Å²) in [5, 5.41) is 0. The Morgan fingerprint density at radius 2 is 1.26 bits per heavy atom. The normalized spacial score (nSPS) is 17.7. The molecule has 2 atom stereocenters. The highest BCUT2D eigenvalue weighted by Crippen LogP contribution is 2.59. The lowest BCUT2D eigenvalue weighted by molar-refractivity contribution is 0.399. The lowest BCUT2D eigenvalue weighted by Gasteiger charge is -2.29. The third kappa shape index (κ3) is 6.06. The van der Waals surface area contributed by atoms with Crippen molar-refractivity contribution in [2.45, 2.75) is 124 Å². The van der Waals surface area contributed by atoms with Gasteiger partial charge in [0, 0.05) is 25.8 Å². The van der Waals surface area contributed by atoms with Gasteiger partial charge in [-0.1, -0.05) is 153 Å². The van der Waals surface area contributed by atoms with Gasteiger partial charge in [0.05, 0.1) is 7.11 Å². The zero-order valence-electron chi connectivity index (χ0n) is 33.6. The van der Waals surface area contributed by atoms with Crippen LogP contribution in [0.2, 0.25) is 13.1 Å². The number of fused-ring (bicyclic) bond motifs is 2. The van der Waals surface area contributed by atoms with Gasteiger partial charge in [-0.2, -0.15) is 0 Å². The summed E-state index contributed by atoms with van der Waals surface area (Å²) in [6.07, 6.45) is 2.48. The molecule has 50 heavy (non-hydrogen) atoms. The van der Waals surface area contributed by atoms with E-state index >= 15 is 0 Å². The molecule has 262 valence electrons. The molecule has 2 heteroatoms. The minimum Gasteiger partial charge on any atom is -0.496 e. The van der Waals surface area contributed by atoms with Crippen molar-refractivity contribution in [1.82, 2.24) is 0 Å². The molecule has 6 rings (SSSR count). The van der Waals surface area contributed by atoms with Gasteiger partial charge in [0.1, 0.15) is 5.75 Å². The van der Waals surface area contributed by atoms with Crippen molar-refractivity contribution in [1.29, 1.82) is 0 Å². The Morgan fingerprint density at radius 3 is 1.78 bits per heavy atom. The Bertz CT molecular complexity index is 2000. The first kappa shape index (κ1) is 36.2. The summed E-state index contributed by atoms with van der Waals surface area (Å²) in [6, 6.07) is 25.7. The van der Waals surface area contributed by atoms with Crippen LogP contribution in [0.5, 0.6) is 5.75 Å². The van der Waals surface area contributed by atoms with Crippen molar-refractivity contribution >= 4 is 20.4 Å². The molecule has 2 unspecified atom stereocenters. The van der Waals surface area contributed by atoms with Gasteiger partial charge in [0.2, 0.25) is 0 Å². The maximum atomic E-state index is 6.34. The molecule has 0 saturated heterocycles. The fraction of sp³-hybridized carbons (Fsp3) is 0.417. The van der Waals surface area contributed by atoms with Gasteiger partial charge in [-0.25, -0.2) is 0 Å². The zero-order valence-corrected chi connectivity index (χ0v) is 34.7. The first-order valence-electron chi connectivity index (χ1n) is 18.8. The Kier molecular flexibility index (Phi) is 9.08. The second-order valence-electron chi connectivity index (χ2n) is 18.6. The Labute approximate surface area is 305 Å². The first-order chi connectivity index (χ1) is 23.3. The van der Waals surface area contributed by atoms with Gasteiger partial charge in [0.15, 0.2) is 0 Å². The second kappa shape index (κ2) is 12.6. The van der Waals surface area contributed by atoms with Crippen LogP contribution < -0.4 is 4.74 Å². The molecule has 0 aromatic heterocycles. The molecule has 4 aromatic carbocycles. The summed E-state index contributed by atoms with van der Waals surface area (Å²) >= 11 is 0.